The SMILES string of the molecule is CC(=CC(C)C)C(C)C(C)C. The number of hydrogen-bond donors (Lipinski definition) is 0. The highest BCUT2D eigenvalue weighted by Crippen LogP contribution is 2.20. The van der Waals surface area contributed by atoms with Gasteiger partial charge in [0.25, 0.3) is 0 Å². The molecule has 0 aliphatic rings. The van der Waals surface area contributed by atoms with Crippen molar-refractivity contribution in [3.63, 3.8) is 0 Å². The quantitative estimate of drug-likeness (QED) is 0.541. The van der Waals surface area contributed by atoms with Crippen LogP contribution in [0.4, 0.5) is 0 Å². The molecular weight excluding hydrogens is 132 g/mol. The Hall–Kier alpha value is -0.260. The second-order valence-electron chi connectivity index (χ2n) is 4.19. The van der Waals surface area contributed by atoms with E-state index < -0.39 is 0 Å². The van der Waals surface area contributed by atoms with Gasteiger partial charge in [-0.15, -0.1) is 0 Å². The van der Waals surface area contributed by atoms with E-state index in [9.17, 15) is 0 Å². The minimum Gasteiger partial charge on any atom is -0.0828 e. The maximum absolute atomic E-state index is 2.37. The Labute approximate surface area is 71.7 Å². The van der Waals surface area contributed by atoms with Gasteiger partial charge in [-0.05, 0) is 24.7 Å². The second-order valence-corrected chi connectivity index (χ2v) is 4.19. The highest BCUT2D eigenvalue weighted by Gasteiger charge is 2.08. The van der Waals surface area contributed by atoms with Crippen LogP contribution in [0.25, 0.3) is 0 Å². The molecule has 0 heteroatoms. The summed E-state index contributed by atoms with van der Waals surface area (Å²) in [5.74, 6) is 2.19. The molecule has 0 heterocycles. The standard InChI is InChI=1S/C11H22/c1-8(2)7-10(5)11(6)9(3)4/h7-9,11H,1-6H3. The van der Waals surface area contributed by atoms with Crippen molar-refractivity contribution in [1.29, 1.82) is 0 Å². The van der Waals surface area contributed by atoms with Gasteiger partial charge in [-0.25, -0.2) is 0 Å². The topological polar surface area (TPSA) is 0 Å². The van der Waals surface area contributed by atoms with Crippen molar-refractivity contribution in [2.45, 2.75) is 41.5 Å². The maximum atomic E-state index is 2.37. The van der Waals surface area contributed by atoms with Crippen molar-refractivity contribution >= 4 is 0 Å². The zero-order valence-corrected chi connectivity index (χ0v) is 8.81. The number of hydrogen-bond acceptors (Lipinski definition) is 0. The first-order valence-corrected chi connectivity index (χ1v) is 4.63. The molecule has 0 rings (SSSR count). The molecule has 0 spiro atoms. The highest BCUT2D eigenvalue weighted by molar-refractivity contribution is 5.04. The molecule has 0 N–H and O–H groups in total. The lowest BCUT2D eigenvalue weighted by Gasteiger charge is -2.17. The van der Waals surface area contributed by atoms with Crippen molar-refractivity contribution < 1.29 is 0 Å². The summed E-state index contributed by atoms with van der Waals surface area (Å²) in [6.07, 6.45) is 2.37. The predicted octanol–water partition coefficient (Wildman–Crippen LogP) is 3.88. The van der Waals surface area contributed by atoms with Gasteiger partial charge in [0, 0.05) is 0 Å². The molecule has 0 aromatic carbocycles. The number of rotatable bonds is 3. The summed E-state index contributed by atoms with van der Waals surface area (Å²) >= 11 is 0. The summed E-state index contributed by atoms with van der Waals surface area (Å²) in [6.45, 7) is 13.6. The van der Waals surface area contributed by atoms with E-state index in [-0.39, 0.29) is 0 Å². The third-order valence-corrected chi connectivity index (χ3v) is 2.31. The molecule has 0 saturated heterocycles. The van der Waals surface area contributed by atoms with E-state index in [1.807, 2.05) is 0 Å². The molecule has 0 nitrogen and oxygen atoms in total. The first-order valence-electron chi connectivity index (χ1n) is 4.63. The van der Waals surface area contributed by atoms with Gasteiger partial charge in [0.1, 0.15) is 0 Å². The van der Waals surface area contributed by atoms with E-state index >= 15 is 0 Å². The molecule has 1 atom stereocenters. The van der Waals surface area contributed by atoms with Gasteiger partial charge in [-0.3, -0.25) is 0 Å². The average Bonchev–Trinajstić information content (AvgIpc) is 1.84. The molecule has 0 aromatic rings. The van der Waals surface area contributed by atoms with Gasteiger partial charge in [0.05, 0.1) is 0 Å². The third kappa shape index (κ3) is 4.23. The van der Waals surface area contributed by atoms with Crippen LogP contribution in [0.3, 0.4) is 0 Å². The summed E-state index contributed by atoms with van der Waals surface area (Å²) in [7, 11) is 0. The van der Waals surface area contributed by atoms with E-state index in [4.69, 9.17) is 0 Å². The van der Waals surface area contributed by atoms with Crippen LogP contribution in [0.1, 0.15) is 41.5 Å². The zero-order valence-electron chi connectivity index (χ0n) is 8.81. The molecule has 66 valence electrons. The molecule has 0 aliphatic carbocycles. The Balaban J connectivity index is 4.11. The van der Waals surface area contributed by atoms with E-state index in [1.54, 1.807) is 0 Å². The van der Waals surface area contributed by atoms with Gasteiger partial charge in [-0.2, -0.15) is 0 Å². The first kappa shape index (κ1) is 10.7. The van der Waals surface area contributed by atoms with E-state index in [2.05, 4.69) is 47.6 Å². The van der Waals surface area contributed by atoms with E-state index in [1.165, 1.54) is 5.57 Å². The minimum absolute atomic E-state index is 0.691. The molecule has 0 fully saturated rings. The fraction of sp³-hybridized carbons (Fsp3) is 0.818. The molecule has 0 aromatic heterocycles. The summed E-state index contributed by atoms with van der Waals surface area (Å²) in [5.41, 5.74) is 1.54. The van der Waals surface area contributed by atoms with Gasteiger partial charge in [0.15, 0.2) is 0 Å². The minimum atomic E-state index is 0.691. The van der Waals surface area contributed by atoms with Crippen molar-refractivity contribution in [1.82, 2.24) is 0 Å². The van der Waals surface area contributed by atoms with Gasteiger partial charge >= 0.3 is 0 Å². The monoisotopic (exact) mass is 154 g/mol. The Morgan fingerprint density at radius 3 is 1.73 bits per heavy atom. The van der Waals surface area contributed by atoms with Crippen LogP contribution in [0.15, 0.2) is 11.6 Å². The molecule has 0 bridgehead atoms. The van der Waals surface area contributed by atoms with E-state index in [0.29, 0.717) is 5.92 Å². The summed E-state index contributed by atoms with van der Waals surface area (Å²) in [6, 6.07) is 0. The van der Waals surface area contributed by atoms with Crippen LogP contribution in [0.5, 0.6) is 0 Å². The smallest absolute Gasteiger partial charge is 0.0211 e. The van der Waals surface area contributed by atoms with Crippen molar-refractivity contribution in [3.05, 3.63) is 11.6 Å². The summed E-state index contributed by atoms with van der Waals surface area (Å²) < 4.78 is 0. The largest absolute Gasteiger partial charge is 0.0828 e. The van der Waals surface area contributed by atoms with Crippen LogP contribution in [0.2, 0.25) is 0 Å². The normalized spacial score (nSPS) is 16.2. The molecular formula is C11H22. The van der Waals surface area contributed by atoms with Crippen LogP contribution < -0.4 is 0 Å². The fourth-order valence-electron chi connectivity index (χ4n) is 1.20. The van der Waals surface area contributed by atoms with Crippen LogP contribution in [-0.4, -0.2) is 0 Å². The van der Waals surface area contributed by atoms with Crippen molar-refractivity contribution in [2.75, 3.05) is 0 Å². The van der Waals surface area contributed by atoms with Crippen LogP contribution >= 0.6 is 0 Å². The third-order valence-electron chi connectivity index (χ3n) is 2.31. The van der Waals surface area contributed by atoms with E-state index in [0.717, 1.165) is 11.8 Å². The average molecular weight is 154 g/mol. The van der Waals surface area contributed by atoms with Gasteiger partial charge < -0.3 is 0 Å². The molecule has 11 heavy (non-hydrogen) atoms. The molecule has 0 amide bonds. The second kappa shape index (κ2) is 4.58. The molecule has 0 saturated carbocycles. The van der Waals surface area contributed by atoms with Crippen molar-refractivity contribution in [3.8, 4) is 0 Å². The summed E-state index contributed by atoms with van der Waals surface area (Å²) in [4.78, 5) is 0. The Morgan fingerprint density at radius 1 is 1.00 bits per heavy atom. The summed E-state index contributed by atoms with van der Waals surface area (Å²) in [5, 5.41) is 0. The Bertz CT molecular complexity index is 129. The lowest BCUT2D eigenvalue weighted by molar-refractivity contribution is 0.476. The lowest BCUT2D eigenvalue weighted by Crippen LogP contribution is -2.05. The van der Waals surface area contributed by atoms with Gasteiger partial charge in [-0.1, -0.05) is 46.3 Å². The number of allylic oxidation sites excluding steroid dienone is 2. The van der Waals surface area contributed by atoms with Crippen molar-refractivity contribution in [2.24, 2.45) is 17.8 Å². The van der Waals surface area contributed by atoms with Crippen LogP contribution in [-0.2, 0) is 0 Å². The molecule has 0 aliphatic heterocycles. The Kier molecular flexibility index (Phi) is 4.48. The zero-order chi connectivity index (χ0) is 9.02. The molecule has 0 radical (unpaired) electrons. The predicted molar refractivity (Wildman–Crippen MR) is 52.6 cm³/mol. The lowest BCUT2D eigenvalue weighted by atomic mass is 9.89. The highest BCUT2D eigenvalue weighted by atomic mass is 14.1. The van der Waals surface area contributed by atoms with Gasteiger partial charge in [0.2, 0.25) is 0 Å². The molecule has 1 unspecified atom stereocenters. The first-order chi connectivity index (χ1) is 4.95. The maximum Gasteiger partial charge on any atom is -0.0211 e. The fourth-order valence-corrected chi connectivity index (χ4v) is 1.20. The van der Waals surface area contributed by atoms with Crippen LogP contribution in [0, 0.1) is 17.8 Å². The Morgan fingerprint density at radius 2 is 1.45 bits per heavy atom.